The second-order valence-corrected chi connectivity index (χ2v) is 9.06. The number of thioether (sulfide) groups is 2. The van der Waals surface area contributed by atoms with Crippen LogP contribution in [0.15, 0.2) is 0 Å². The van der Waals surface area contributed by atoms with Gasteiger partial charge >= 0.3 is 11.9 Å². The van der Waals surface area contributed by atoms with Crippen molar-refractivity contribution in [3.63, 3.8) is 0 Å². The standard InChI is InChI=1S/C12H20N2O3S2/c1-11(2)13-7(5-18-11)9(15)17-10(16)8-6-19-12(3,4)14-8/h7-8,13-14H,5-6H2,1-4H3/t7-,8+. The van der Waals surface area contributed by atoms with Gasteiger partial charge in [0.15, 0.2) is 0 Å². The Morgan fingerprint density at radius 1 is 0.947 bits per heavy atom. The molecule has 7 heteroatoms. The molecule has 0 amide bonds. The average Bonchev–Trinajstić information content (AvgIpc) is 2.81. The fourth-order valence-electron chi connectivity index (χ4n) is 2.08. The van der Waals surface area contributed by atoms with E-state index < -0.39 is 24.0 Å². The van der Waals surface area contributed by atoms with Gasteiger partial charge in [-0.2, -0.15) is 0 Å². The van der Waals surface area contributed by atoms with Crippen LogP contribution in [0.5, 0.6) is 0 Å². The Morgan fingerprint density at radius 3 is 1.58 bits per heavy atom. The molecular formula is C12H20N2O3S2. The van der Waals surface area contributed by atoms with Crippen molar-refractivity contribution in [3.05, 3.63) is 0 Å². The highest BCUT2D eigenvalue weighted by Crippen LogP contribution is 2.31. The van der Waals surface area contributed by atoms with Crippen molar-refractivity contribution in [1.29, 1.82) is 0 Å². The molecule has 0 aromatic heterocycles. The lowest BCUT2D eigenvalue weighted by Gasteiger charge is -2.19. The maximum absolute atomic E-state index is 11.9. The molecule has 2 fully saturated rings. The van der Waals surface area contributed by atoms with Gasteiger partial charge in [-0.25, -0.2) is 9.59 Å². The molecule has 19 heavy (non-hydrogen) atoms. The van der Waals surface area contributed by atoms with Gasteiger partial charge in [-0.3, -0.25) is 10.6 Å². The van der Waals surface area contributed by atoms with Crippen molar-refractivity contribution < 1.29 is 14.3 Å². The molecule has 0 aliphatic carbocycles. The molecule has 2 saturated heterocycles. The first-order valence-corrected chi connectivity index (χ1v) is 8.24. The molecule has 2 N–H and O–H groups in total. The Morgan fingerprint density at radius 2 is 1.32 bits per heavy atom. The predicted molar refractivity (Wildman–Crippen MR) is 78.0 cm³/mol. The topological polar surface area (TPSA) is 67.4 Å². The SMILES string of the molecule is CC1(C)N[C@H](C(=O)OC(=O)[C@H]2CSC(C)(C)N2)CS1. The van der Waals surface area contributed by atoms with Crippen LogP contribution in [-0.2, 0) is 14.3 Å². The van der Waals surface area contributed by atoms with Crippen molar-refractivity contribution in [3.8, 4) is 0 Å². The van der Waals surface area contributed by atoms with E-state index in [0.717, 1.165) is 0 Å². The molecule has 2 aliphatic heterocycles. The summed E-state index contributed by atoms with van der Waals surface area (Å²) in [7, 11) is 0. The molecule has 2 rings (SSSR count). The lowest BCUT2D eigenvalue weighted by atomic mass is 10.2. The second-order valence-electron chi connectivity index (χ2n) is 5.78. The van der Waals surface area contributed by atoms with E-state index in [0.29, 0.717) is 11.5 Å². The first kappa shape index (κ1) is 15.2. The summed E-state index contributed by atoms with van der Waals surface area (Å²) in [5.74, 6) is 0.328. The number of esters is 2. The van der Waals surface area contributed by atoms with Crippen LogP contribution in [-0.4, -0.2) is 45.3 Å². The van der Waals surface area contributed by atoms with Crippen LogP contribution < -0.4 is 10.6 Å². The van der Waals surface area contributed by atoms with Gasteiger partial charge in [-0.15, -0.1) is 23.5 Å². The van der Waals surface area contributed by atoms with Gasteiger partial charge in [0.25, 0.3) is 0 Å². The minimum atomic E-state index is -0.473. The number of ether oxygens (including phenoxy) is 1. The molecular weight excluding hydrogens is 284 g/mol. The molecule has 2 heterocycles. The smallest absolute Gasteiger partial charge is 0.331 e. The molecule has 0 aromatic rings. The first-order valence-electron chi connectivity index (χ1n) is 6.27. The molecule has 0 bridgehead atoms. The van der Waals surface area contributed by atoms with Gasteiger partial charge in [0.1, 0.15) is 12.1 Å². The monoisotopic (exact) mass is 304 g/mol. The van der Waals surface area contributed by atoms with Gasteiger partial charge in [0, 0.05) is 11.5 Å². The Bertz CT molecular complexity index is 362. The summed E-state index contributed by atoms with van der Waals surface area (Å²) in [5.41, 5.74) is 0. The number of carbonyl (C=O) groups is 2. The molecule has 0 radical (unpaired) electrons. The van der Waals surface area contributed by atoms with Crippen LogP contribution in [0, 0.1) is 0 Å². The molecule has 0 spiro atoms. The quantitative estimate of drug-likeness (QED) is 0.581. The summed E-state index contributed by atoms with van der Waals surface area (Å²) in [5, 5.41) is 6.31. The van der Waals surface area contributed by atoms with E-state index in [9.17, 15) is 9.59 Å². The predicted octanol–water partition coefficient (Wildman–Crippen LogP) is 0.938. The van der Waals surface area contributed by atoms with E-state index in [-0.39, 0.29) is 9.74 Å². The molecule has 0 aromatic carbocycles. The molecule has 0 unspecified atom stereocenters. The van der Waals surface area contributed by atoms with Crippen LogP contribution in [0.3, 0.4) is 0 Å². The zero-order chi connectivity index (χ0) is 14.3. The zero-order valence-corrected chi connectivity index (χ0v) is 13.2. The lowest BCUT2D eigenvalue weighted by molar-refractivity contribution is -0.162. The summed E-state index contributed by atoms with van der Waals surface area (Å²) in [6.45, 7) is 8.02. The Balaban J connectivity index is 1.85. The van der Waals surface area contributed by atoms with Crippen molar-refractivity contribution in [1.82, 2.24) is 10.6 Å². The molecule has 0 saturated carbocycles. The van der Waals surface area contributed by atoms with E-state index in [1.165, 1.54) is 0 Å². The third kappa shape index (κ3) is 3.87. The highest BCUT2D eigenvalue weighted by molar-refractivity contribution is 8.01. The Labute approximate surface area is 122 Å². The molecule has 2 aliphatic rings. The van der Waals surface area contributed by atoms with Gasteiger partial charge in [-0.1, -0.05) is 0 Å². The Hall–Kier alpha value is -0.240. The highest BCUT2D eigenvalue weighted by atomic mass is 32.2. The van der Waals surface area contributed by atoms with Gasteiger partial charge in [0.05, 0.1) is 9.74 Å². The summed E-state index contributed by atoms with van der Waals surface area (Å²) in [6.07, 6.45) is 0. The summed E-state index contributed by atoms with van der Waals surface area (Å²) in [4.78, 5) is 23.5. The first-order chi connectivity index (χ1) is 8.69. The highest BCUT2D eigenvalue weighted by Gasteiger charge is 2.40. The van der Waals surface area contributed by atoms with Crippen molar-refractivity contribution in [2.75, 3.05) is 11.5 Å². The summed E-state index contributed by atoms with van der Waals surface area (Å²) < 4.78 is 4.98. The normalized spacial score (nSPS) is 32.2. The van der Waals surface area contributed by atoms with E-state index in [4.69, 9.17) is 4.74 Å². The van der Waals surface area contributed by atoms with Crippen LogP contribution in [0.25, 0.3) is 0 Å². The van der Waals surface area contributed by atoms with Crippen LogP contribution >= 0.6 is 23.5 Å². The number of hydrogen-bond acceptors (Lipinski definition) is 7. The minimum Gasteiger partial charge on any atom is -0.391 e. The number of nitrogens with one attached hydrogen (secondary N) is 2. The van der Waals surface area contributed by atoms with Crippen molar-refractivity contribution in [2.45, 2.75) is 49.5 Å². The van der Waals surface area contributed by atoms with Gasteiger partial charge in [0.2, 0.25) is 0 Å². The summed E-state index contributed by atoms with van der Waals surface area (Å²) in [6, 6.07) is -0.794. The van der Waals surface area contributed by atoms with Crippen molar-refractivity contribution in [2.24, 2.45) is 0 Å². The zero-order valence-electron chi connectivity index (χ0n) is 11.6. The van der Waals surface area contributed by atoms with E-state index in [2.05, 4.69) is 10.6 Å². The fraction of sp³-hybridized carbons (Fsp3) is 0.833. The van der Waals surface area contributed by atoms with E-state index in [1.54, 1.807) is 23.5 Å². The molecule has 2 atom stereocenters. The van der Waals surface area contributed by atoms with E-state index in [1.807, 2.05) is 27.7 Å². The average molecular weight is 304 g/mol. The number of carbonyl (C=O) groups excluding carboxylic acids is 2. The maximum Gasteiger partial charge on any atom is 0.331 e. The van der Waals surface area contributed by atoms with Crippen LogP contribution in [0.1, 0.15) is 27.7 Å². The van der Waals surface area contributed by atoms with Gasteiger partial charge < -0.3 is 4.74 Å². The number of rotatable bonds is 2. The molecule has 108 valence electrons. The van der Waals surface area contributed by atoms with Crippen LogP contribution in [0.4, 0.5) is 0 Å². The van der Waals surface area contributed by atoms with Gasteiger partial charge in [-0.05, 0) is 27.7 Å². The fourth-order valence-corrected chi connectivity index (χ4v) is 4.14. The third-order valence-corrected chi connectivity index (χ3v) is 5.71. The lowest BCUT2D eigenvalue weighted by Crippen LogP contribution is -2.46. The third-order valence-electron chi connectivity index (χ3n) is 3.04. The second kappa shape index (κ2) is 5.27. The number of hydrogen-bond donors (Lipinski definition) is 2. The van der Waals surface area contributed by atoms with Crippen LogP contribution in [0.2, 0.25) is 0 Å². The van der Waals surface area contributed by atoms with Crippen molar-refractivity contribution >= 4 is 35.5 Å². The summed E-state index contributed by atoms with van der Waals surface area (Å²) >= 11 is 3.30. The molecule has 5 nitrogen and oxygen atoms in total. The maximum atomic E-state index is 11.9. The van der Waals surface area contributed by atoms with E-state index >= 15 is 0 Å². The Kier molecular flexibility index (Phi) is 4.21. The minimum absolute atomic E-state index is 0.143. The largest absolute Gasteiger partial charge is 0.391 e.